The number of hydrogen-bond donors (Lipinski definition) is 1. The third-order valence-corrected chi connectivity index (χ3v) is 3.51. The standard InChI is InChI=1S/C12H18ClN3.C2H6/c1-3-10-15-11(13)8(2)12(16-10)14-9-6-4-5-7-9;1-2/h9H,3-7H2,1-2H3,(H,14,15,16);1-2H3. The molecule has 0 radical (unpaired) electrons. The van der Waals surface area contributed by atoms with E-state index < -0.39 is 0 Å². The third-order valence-electron chi connectivity index (χ3n) is 3.14. The molecular weight excluding hydrogens is 246 g/mol. The molecule has 0 spiro atoms. The van der Waals surface area contributed by atoms with E-state index in [1.165, 1.54) is 25.7 Å². The van der Waals surface area contributed by atoms with E-state index in [1.54, 1.807) is 0 Å². The highest BCUT2D eigenvalue weighted by Gasteiger charge is 2.17. The summed E-state index contributed by atoms with van der Waals surface area (Å²) in [5.41, 5.74) is 0.964. The van der Waals surface area contributed by atoms with Crippen molar-refractivity contribution in [2.75, 3.05) is 5.32 Å². The molecule has 1 fully saturated rings. The molecule has 0 aromatic carbocycles. The zero-order valence-corrected chi connectivity index (χ0v) is 12.6. The van der Waals surface area contributed by atoms with Gasteiger partial charge in [0.15, 0.2) is 0 Å². The molecule has 0 unspecified atom stereocenters. The lowest BCUT2D eigenvalue weighted by atomic mass is 10.2. The van der Waals surface area contributed by atoms with Crippen LogP contribution < -0.4 is 5.32 Å². The van der Waals surface area contributed by atoms with Gasteiger partial charge in [-0.3, -0.25) is 0 Å². The van der Waals surface area contributed by atoms with Crippen LogP contribution in [0.25, 0.3) is 0 Å². The summed E-state index contributed by atoms with van der Waals surface area (Å²) >= 11 is 6.09. The Hall–Kier alpha value is -0.830. The summed E-state index contributed by atoms with van der Waals surface area (Å²) < 4.78 is 0. The van der Waals surface area contributed by atoms with Crippen LogP contribution in [0.15, 0.2) is 0 Å². The molecule has 1 aliphatic rings. The summed E-state index contributed by atoms with van der Waals surface area (Å²) in [7, 11) is 0. The fourth-order valence-electron chi connectivity index (χ4n) is 2.09. The van der Waals surface area contributed by atoms with Gasteiger partial charge in [0.05, 0.1) is 0 Å². The van der Waals surface area contributed by atoms with Gasteiger partial charge in [-0.05, 0) is 19.8 Å². The van der Waals surface area contributed by atoms with Gasteiger partial charge in [-0.2, -0.15) is 0 Å². The van der Waals surface area contributed by atoms with Crippen molar-refractivity contribution in [3.05, 3.63) is 16.5 Å². The first-order valence-corrected chi connectivity index (χ1v) is 7.38. The summed E-state index contributed by atoms with van der Waals surface area (Å²) in [6, 6.07) is 0.564. The molecule has 0 atom stereocenters. The summed E-state index contributed by atoms with van der Waals surface area (Å²) in [5.74, 6) is 1.74. The summed E-state index contributed by atoms with van der Waals surface area (Å²) in [5, 5.41) is 4.07. The van der Waals surface area contributed by atoms with Crippen LogP contribution in [0.5, 0.6) is 0 Å². The lowest BCUT2D eigenvalue weighted by molar-refractivity contribution is 0.745. The molecule has 102 valence electrons. The van der Waals surface area contributed by atoms with Gasteiger partial charge in [-0.1, -0.05) is 45.2 Å². The number of rotatable bonds is 3. The molecule has 0 bridgehead atoms. The first kappa shape index (κ1) is 15.2. The molecule has 3 nitrogen and oxygen atoms in total. The van der Waals surface area contributed by atoms with Crippen LogP contribution in [-0.4, -0.2) is 16.0 Å². The number of hydrogen-bond acceptors (Lipinski definition) is 3. The Bertz CT molecular complexity index is 374. The van der Waals surface area contributed by atoms with Gasteiger partial charge in [0.25, 0.3) is 0 Å². The number of nitrogens with one attached hydrogen (secondary N) is 1. The second kappa shape index (κ2) is 7.57. The quantitative estimate of drug-likeness (QED) is 0.828. The Labute approximate surface area is 115 Å². The van der Waals surface area contributed by atoms with E-state index in [9.17, 15) is 0 Å². The Kier molecular flexibility index (Phi) is 6.41. The van der Waals surface area contributed by atoms with E-state index in [-0.39, 0.29) is 0 Å². The lowest BCUT2D eigenvalue weighted by Crippen LogP contribution is -2.17. The smallest absolute Gasteiger partial charge is 0.137 e. The van der Waals surface area contributed by atoms with Crippen LogP contribution >= 0.6 is 11.6 Å². The van der Waals surface area contributed by atoms with E-state index in [1.807, 2.05) is 27.7 Å². The monoisotopic (exact) mass is 269 g/mol. The highest BCUT2D eigenvalue weighted by Crippen LogP contribution is 2.25. The largest absolute Gasteiger partial charge is 0.367 e. The van der Waals surface area contributed by atoms with Gasteiger partial charge in [0, 0.05) is 18.0 Å². The maximum atomic E-state index is 6.09. The summed E-state index contributed by atoms with van der Waals surface area (Å²) in [6.07, 6.45) is 5.93. The molecule has 2 rings (SSSR count). The molecule has 0 amide bonds. The van der Waals surface area contributed by atoms with Crippen LogP contribution in [0.2, 0.25) is 5.15 Å². The van der Waals surface area contributed by atoms with Gasteiger partial charge in [-0.25, -0.2) is 9.97 Å². The first-order chi connectivity index (χ1) is 8.70. The Balaban J connectivity index is 0.000000771. The number of anilines is 1. The number of halogens is 1. The van der Waals surface area contributed by atoms with Crippen molar-refractivity contribution in [2.24, 2.45) is 0 Å². The molecule has 0 saturated heterocycles. The van der Waals surface area contributed by atoms with Crippen LogP contribution in [0.4, 0.5) is 5.82 Å². The minimum Gasteiger partial charge on any atom is -0.367 e. The predicted octanol–water partition coefficient (Wildman–Crippen LogP) is 4.38. The second-order valence-electron chi connectivity index (χ2n) is 4.38. The molecule has 4 heteroatoms. The molecule has 1 saturated carbocycles. The van der Waals surface area contributed by atoms with Gasteiger partial charge < -0.3 is 5.32 Å². The maximum Gasteiger partial charge on any atom is 0.137 e. The highest BCUT2D eigenvalue weighted by molar-refractivity contribution is 6.30. The second-order valence-corrected chi connectivity index (χ2v) is 4.74. The molecule has 1 aromatic rings. The first-order valence-electron chi connectivity index (χ1n) is 7.00. The number of aryl methyl sites for hydroxylation is 1. The zero-order valence-electron chi connectivity index (χ0n) is 11.9. The van der Waals surface area contributed by atoms with E-state index in [2.05, 4.69) is 15.3 Å². The van der Waals surface area contributed by atoms with Gasteiger partial charge in [-0.15, -0.1) is 0 Å². The van der Waals surface area contributed by atoms with E-state index >= 15 is 0 Å². The van der Waals surface area contributed by atoms with E-state index in [0.717, 1.165) is 23.6 Å². The van der Waals surface area contributed by atoms with Crippen molar-refractivity contribution in [3.63, 3.8) is 0 Å². The van der Waals surface area contributed by atoms with Crippen LogP contribution in [0.3, 0.4) is 0 Å². The molecule has 1 aliphatic carbocycles. The van der Waals surface area contributed by atoms with Gasteiger partial charge in [0.2, 0.25) is 0 Å². The summed E-state index contributed by atoms with van der Waals surface area (Å²) in [6.45, 7) is 8.01. The predicted molar refractivity (Wildman–Crippen MR) is 78.4 cm³/mol. The van der Waals surface area contributed by atoms with Crippen molar-refractivity contribution < 1.29 is 0 Å². The van der Waals surface area contributed by atoms with Gasteiger partial charge >= 0.3 is 0 Å². The SMILES string of the molecule is CC.CCc1nc(Cl)c(C)c(NC2CCCC2)n1. The van der Waals surface area contributed by atoms with Crippen LogP contribution in [-0.2, 0) is 6.42 Å². The summed E-state index contributed by atoms with van der Waals surface area (Å²) in [4.78, 5) is 8.75. The minimum absolute atomic E-state index is 0.564. The van der Waals surface area contributed by atoms with Crippen molar-refractivity contribution in [1.29, 1.82) is 0 Å². The zero-order chi connectivity index (χ0) is 13.5. The van der Waals surface area contributed by atoms with Crippen molar-refractivity contribution >= 4 is 17.4 Å². The topological polar surface area (TPSA) is 37.8 Å². The average molecular weight is 270 g/mol. The number of nitrogens with zero attached hydrogens (tertiary/aromatic N) is 2. The normalized spacial score (nSPS) is 15.2. The van der Waals surface area contributed by atoms with Crippen molar-refractivity contribution in [2.45, 2.75) is 65.8 Å². The molecule has 0 aliphatic heterocycles. The third kappa shape index (κ3) is 3.84. The van der Waals surface area contributed by atoms with Crippen molar-refractivity contribution in [1.82, 2.24) is 9.97 Å². The maximum absolute atomic E-state index is 6.09. The molecule has 18 heavy (non-hydrogen) atoms. The van der Waals surface area contributed by atoms with Gasteiger partial charge in [0.1, 0.15) is 16.8 Å². The Morgan fingerprint density at radius 1 is 1.22 bits per heavy atom. The van der Waals surface area contributed by atoms with E-state index in [4.69, 9.17) is 11.6 Å². The lowest BCUT2D eigenvalue weighted by Gasteiger charge is -2.15. The average Bonchev–Trinajstić information content (AvgIpc) is 2.90. The molecular formula is C14H24ClN3. The molecule has 1 heterocycles. The minimum atomic E-state index is 0.564. The van der Waals surface area contributed by atoms with Crippen LogP contribution in [0.1, 0.15) is 57.8 Å². The highest BCUT2D eigenvalue weighted by atomic mass is 35.5. The van der Waals surface area contributed by atoms with Crippen molar-refractivity contribution in [3.8, 4) is 0 Å². The fourth-order valence-corrected chi connectivity index (χ4v) is 2.28. The molecule has 1 N–H and O–H groups in total. The molecule has 1 aromatic heterocycles. The van der Waals surface area contributed by atoms with Crippen LogP contribution in [0, 0.1) is 6.92 Å². The van der Waals surface area contributed by atoms with E-state index in [0.29, 0.717) is 11.2 Å². The Morgan fingerprint density at radius 2 is 1.83 bits per heavy atom. The fraction of sp³-hybridized carbons (Fsp3) is 0.714. The Morgan fingerprint density at radius 3 is 2.39 bits per heavy atom. The number of aromatic nitrogens is 2.